The van der Waals surface area contributed by atoms with Gasteiger partial charge in [0.1, 0.15) is 11.3 Å². The van der Waals surface area contributed by atoms with Crippen molar-refractivity contribution in [2.75, 3.05) is 6.61 Å². The summed E-state index contributed by atoms with van der Waals surface area (Å²) >= 11 is 0. The first-order valence-electron chi connectivity index (χ1n) is 7.61. The number of amides is 1. The van der Waals surface area contributed by atoms with Crippen LogP contribution in [0.1, 0.15) is 45.6 Å². The molecule has 5 heteroatoms. The predicted molar refractivity (Wildman–Crippen MR) is 85.0 cm³/mol. The molecule has 0 spiro atoms. The number of carboxylic acid groups (broad SMARTS) is 1. The van der Waals surface area contributed by atoms with Crippen LogP contribution in [-0.2, 0) is 16.0 Å². The van der Waals surface area contributed by atoms with Gasteiger partial charge in [0.25, 0.3) is 0 Å². The standard InChI is InChI=1S/C17H25NO4/c1-4-12-22-14-10-8-13(9-11-14)6-5-7-15(19)18-17(2,3)16(20)21/h8-11H,4-7,12H2,1-3H3,(H,18,19)(H,20,21). The largest absolute Gasteiger partial charge is 0.494 e. The average molecular weight is 307 g/mol. The number of benzene rings is 1. The lowest BCUT2D eigenvalue weighted by atomic mass is 10.0. The third kappa shape index (κ3) is 6.16. The van der Waals surface area contributed by atoms with Gasteiger partial charge in [-0.15, -0.1) is 0 Å². The van der Waals surface area contributed by atoms with Crippen molar-refractivity contribution >= 4 is 11.9 Å². The molecule has 2 N–H and O–H groups in total. The zero-order valence-electron chi connectivity index (χ0n) is 13.5. The van der Waals surface area contributed by atoms with Gasteiger partial charge >= 0.3 is 5.97 Å². The van der Waals surface area contributed by atoms with Crippen LogP contribution < -0.4 is 10.1 Å². The van der Waals surface area contributed by atoms with E-state index in [4.69, 9.17) is 9.84 Å². The Morgan fingerprint density at radius 2 is 1.86 bits per heavy atom. The van der Waals surface area contributed by atoms with Crippen LogP contribution in [0.4, 0.5) is 0 Å². The zero-order chi connectivity index (χ0) is 16.6. The average Bonchev–Trinajstić information content (AvgIpc) is 2.45. The van der Waals surface area contributed by atoms with E-state index < -0.39 is 11.5 Å². The van der Waals surface area contributed by atoms with E-state index in [0.717, 1.165) is 24.2 Å². The van der Waals surface area contributed by atoms with Crippen LogP contribution in [0.25, 0.3) is 0 Å². The molecule has 0 unspecified atom stereocenters. The van der Waals surface area contributed by atoms with Crippen molar-refractivity contribution in [3.8, 4) is 5.75 Å². The molecule has 1 amide bonds. The zero-order valence-corrected chi connectivity index (χ0v) is 13.5. The highest BCUT2D eigenvalue weighted by Crippen LogP contribution is 2.14. The van der Waals surface area contributed by atoms with E-state index in [-0.39, 0.29) is 5.91 Å². The summed E-state index contributed by atoms with van der Waals surface area (Å²) < 4.78 is 5.51. The Morgan fingerprint density at radius 3 is 2.41 bits per heavy atom. The SMILES string of the molecule is CCCOc1ccc(CCCC(=O)NC(C)(C)C(=O)O)cc1. The van der Waals surface area contributed by atoms with Gasteiger partial charge in [0, 0.05) is 6.42 Å². The molecule has 22 heavy (non-hydrogen) atoms. The highest BCUT2D eigenvalue weighted by Gasteiger charge is 2.28. The van der Waals surface area contributed by atoms with E-state index in [1.54, 1.807) is 0 Å². The van der Waals surface area contributed by atoms with E-state index in [0.29, 0.717) is 19.4 Å². The van der Waals surface area contributed by atoms with Crippen molar-refractivity contribution in [3.05, 3.63) is 29.8 Å². The summed E-state index contributed by atoms with van der Waals surface area (Å²) in [6.07, 6.45) is 2.74. The summed E-state index contributed by atoms with van der Waals surface area (Å²) in [6, 6.07) is 7.84. The topological polar surface area (TPSA) is 75.6 Å². The summed E-state index contributed by atoms with van der Waals surface area (Å²) in [5.74, 6) is -0.426. The molecule has 122 valence electrons. The van der Waals surface area contributed by atoms with Gasteiger partial charge in [-0.05, 0) is 50.8 Å². The van der Waals surface area contributed by atoms with Gasteiger partial charge in [-0.1, -0.05) is 19.1 Å². The molecule has 0 radical (unpaired) electrons. The summed E-state index contributed by atoms with van der Waals surface area (Å²) in [6.45, 7) is 5.72. The Morgan fingerprint density at radius 1 is 1.23 bits per heavy atom. The number of ether oxygens (including phenoxy) is 1. The Balaban J connectivity index is 2.35. The maximum atomic E-state index is 11.7. The minimum Gasteiger partial charge on any atom is -0.494 e. The highest BCUT2D eigenvalue weighted by molar-refractivity contribution is 5.86. The van der Waals surface area contributed by atoms with Gasteiger partial charge in [0.05, 0.1) is 6.61 Å². The van der Waals surface area contributed by atoms with Gasteiger partial charge in [-0.25, -0.2) is 4.79 Å². The second-order valence-corrected chi connectivity index (χ2v) is 5.82. The Hall–Kier alpha value is -2.04. The summed E-state index contributed by atoms with van der Waals surface area (Å²) in [5, 5.41) is 11.5. The molecule has 0 aliphatic heterocycles. The van der Waals surface area contributed by atoms with Gasteiger partial charge in [0.2, 0.25) is 5.91 Å². The molecule has 1 rings (SSSR count). The predicted octanol–water partition coefficient (Wildman–Crippen LogP) is 2.78. The summed E-state index contributed by atoms with van der Waals surface area (Å²) in [5.41, 5.74) is -0.0934. The van der Waals surface area contributed by atoms with E-state index in [1.807, 2.05) is 24.3 Å². The molecule has 0 atom stereocenters. The Bertz CT molecular complexity index is 494. The Kier molecular flexibility index (Phi) is 6.89. The van der Waals surface area contributed by atoms with Crippen molar-refractivity contribution in [3.63, 3.8) is 0 Å². The van der Waals surface area contributed by atoms with Crippen molar-refractivity contribution in [1.82, 2.24) is 5.32 Å². The number of hydrogen-bond donors (Lipinski definition) is 2. The number of carbonyl (C=O) groups excluding carboxylic acids is 1. The number of nitrogens with one attached hydrogen (secondary N) is 1. The summed E-state index contributed by atoms with van der Waals surface area (Å²) in [4.78, 5) is 22.7. The van der Waals surface area contributed by atoms with Gasteiger partial charge in [-0.3, -0.25) is 4.79 Å². The molecular formula is C17H25NO4. The molecule has 0 aliphatic carbocycles. The highest BCUT2D eigenvalue weighted by atomic mass is 16.5. The summed E-state index contributed by atoms with van der Waals surface area (Å²) in [7, 11) is 0. The minimum absolute atomic E-state index is 0.240. The molecule has 0 fully saturated rings. The third-order valence-corrected chi connectivity index (χ3v) is 3.25. The fraction of sp³-hybridized carbons (Fsp3) is 0.529. The quantitative estimate of drug-likeness (QED) is 0.735. The normalized spacial score (nSPS) is 11.0. The molecule has 0 bridgehead atoms. The number of aliphatic carboxylic acids is 1. The van der Waals surface area contributed by atoms with Crippen LogP contribution in [0, 0.1) is 0 Å². The second kappa shape index (κ2) is 8.41. The monoisotopic (exact) mass is 307 g/mol. The maximum absolute atomic E-state index is 11.7. The number of aryl methyl sites for hydroxylation is 1. The first-order chi connectivity index (χ1) is 10.3. The molecule has 0 saturated carbocycles. The first kappa shape index (κ1) is 18.0. The number of hydrogen-bond acceptors (Lipinski definition) is 3. The van der Waals surface area contributed by atoms with E-state index in [1.165, 1.54) is 13.8 Å². The molecule has 0 aliphatic rings. The van der Waals surface area contributed by atoms with Crippen molar-refractivity contribution in [2.45, 2.75) is 52.0 Å². The fourth-order valence-electron chi connectivity index (χ4n) is 1.89. The van der Waals surface area contributed by atoms with Crippen molar-refractivity contribution < 1.29 is 19.4 Å². The van der Waals surface area contributed by atoms with Crippen molar-refractivity contribution in [1.29, 1.82) is 0 Å². The smallest absolute Gasteiger partial charge is 0.328 e. The van der Waals surface area contributed by atoms with Gasteiger partial charge in [0.15, 0.2) is 0 Å². The van der Waals surface area contributed by atoms with Crippen LogP contribution in [0.2, 0.25) is 0 Å². The van der Waals surface area contributed by atoms with E-state index in [2.05, 4.69) is 12.2 Å². The third-order valence-electron chi connectivity index (χ3n) is 3.25. The lowest BCUT2D eigenvalue weighted by Crippen LogP contribution is -2.49. The van der Waals surface area contributed by atoms with Gasteiger partial charge in [-0.2, -0.15) is 0 Å². The van der Waals surface area contributed by atoms with Crippen LogP contribution in [0.3, 0.4) is 0 Å². The van der Waals surface area contributed by atoms with Crippen LogP contribution in [0.15, 0.2) is 24.3 Å². The molecule has 5 nitrogen and oxygen atoms in total. The molecule has 0 saturated heterocycles. The first-order valence-corrected chi connectivity index (χ1v) is 7.61. The minimum atomic E-state index is -1.23. The lowest BCUT2D eigenvalue weighted by Gasteiger charge is -2.20. The molecular weight excluding hydrogens is 282 g/mol. The van der Waals surface area contributed by atoms with Gasteiger partial charge < -0.3 is 15.2 Å². The van der Waals surface area contributed by atoms with Crippen LogP contribution in [-0.4, -0.2) is 29.1 Å². The lowest BCUT2D eigenvalue weighted by molar-refractivity contribution is -0.146. The molecule has 1 aromatic carbocycles. The van der Waals surface area contributed by atoms with Crippen molar-refractivity contribution in [2.24, 2.45) is 0 Å². The van der Waals surface area contributed by atoms with E-state index >= 15 is 0 Å². The molecule has 0 aromatic heterocycles. The maximum Gasteiger partial charge on any atom is 0.328 e. The Labute approximate surface area is 131 Å². The second-order valence-electron chi connectivity index (χ2n) is 5.82. The molecule has 1 aromatic rings. The number of carboxylic acids is 1. The van der Waals surface area contributed by atoms with E-state index in [9.17, 15) is 9.59 Å². The molecule has 0 heterocycles. The fourth-order valence-corrected chi connectivity index (χ4v) is 1.89. The number of rotatable bonds is 9. The number of carbonyl (C=O) groups is 2. The van der Waals surface area contributed by atoms with Crippen LogP contribution >= 0.6 is 0 Å². The van der Waals surface area contributed by atoms with Crippen LogP contribution in [0.5, 0.6) is 5.75 Å².